The summed E-state index contributed by atoms with van der Waals surface area (Å²) in [5.41, 5.74) is 2.27. The zero-order valence-corrected chi connectivity index (χ0v) is 19.6. The molecule has 0 aliphatic carbocycles. The molecule has 2 aromatic heterocycles. The average Bonchev–Trinajstić information content (AvgIpc) is 3.21. The Morgan fingerprint density at radius 3 is 2.50 bits per heavy atom. The zero-order valence-electron chi connectivity index (χ0n) is 18.8. The van der Waals surface area contributed by atoms with Crippen molar-refractivity contribution < 1.29 is 13.2 Å². The van der Waals surface area contributed by atoms with Crippen molar-refractivity contribution in [1.82, 2.24) is 29.4 Å². The highest BCUT2D eigenvalue weighted by Crippen LogP contribution is 2.32. The van der Waals surface area contributed by atoms with Crippen LogP contribution in [-0.4, -0.2) is 65.8 Å². The zero-order chi connectivity index (χ0) is 23.9. The number of H-pyrrole nitrogens is 1. The summed E-state index contributed by atoms with van der Waals surface area (Å²) in [5, 5.41) is 7.66. The Labute approximate surface area is 196 Å². The van der Waals surface area contributed by atoms with Crippen molar-refractivity contribution in [2.45, 2.75) is 11.8 Å². The van der Waals surface area contributed by atoms with Crippen LogP contribution in [0.2, 0.25) is 0 Å². The van der Waals surface area contributed by atoms with Gasteiger partial charge in [0.1, 0.15) is 17.1 Å². The molecule has 1 aliphatic heterocycles. The number of piperazine rings is 1. The number of aryl methyl sites for hydroxylation is 1. The van der Waals surface area contributed by atoms with E-state index < -0.39 is 10.0 Å². The minimum Gasteiger partial charge on any atom is -0.496 e. The van der Waals surface area contributed by atoms with Crippen molar-refractivity contribution in [3.63, 3.8) is 0 Å². The molecule has 2 aromatic carbocycles. The molecule has 2 N–H and O–H groups in total. The van der Waals surface area contributed by atoms with Gasteiger partial charge < -0.3 is 15.0 Å². The van der Waals surface area contributed by atoms with Gasteiger partial charge in [-0.2, -0.15) is 9.40 Å². The number of nitrogens with one attached hydrogen (secondary N) is 2. The average molecular weight is 481 g/mol. The van der Waals surface area contributed by atoms with Crippen molar-refractivity contribution >= 4 is 21.1 Å². The number of hydrogen-bond acceptors (Lipinski definition) is 7. The van der Waals surface area contributed by atoms with Crippen molar-refractivity contribution in [1.29, 1.82) is 0 Å². The summed E-state index contributed by atoms with van der Waals surface area (Å²) >= 11 is 0. The first kappa shape index (κ1) is 22.3. The topological polar surface area (TPSA) is 122 Å². The van der Waals surface area contributed by atoms with Crippen LogP contribution in [0.4, 0.5) is 0 Å². The van der Waals surface area contributed by atoms with Crippen molar-refractivity contribution in [2.75, 3.05) is 33.3 Å². The van der Waals surface area contributed by atoms with E-state index in [0.29, 0.717) is 54.2 Å². The molecule has 1 aliphatic rings. The van der Waals surface area contributed by atoms with Crippen LogP contribution in [0.25, 0.3) is 28.1 Å². The van der Waals surface area contributed by atoms with Crippen molar-refractivity contribution in [3.8, 4) is 22.8 Å². The van der Waals surface area contributed by atoms with E-state index in [2.05, 4.69) is 20.4 Å². The van der Waals surface area contributed by atoms with E-state index in [-0.39, 0.29) is 16.3 Å². The smallest absolute Gasteiger partial charge is 0.277 e. The lowest BCUT2D eigenvalue weighted by molar-refractivity contribution is 0.359. The van der Waals surface area contributed by atoms with Crippen LogP contribution in [0.15, 0.2) is 58.2 Å². The Hall–Kier alpha value is -3.54. The van der Waals surface area contributed by atoms with Crippen LogP contribution >= 0.6 is 0 Å². The molecule has 176 valence electrons. The number of hydrogen-bond donors (Lipinski definition) is 2. The van der Waals surface area contributed by atoms with Crippen LogP contribution in [-0.2, 0) is 10.0 Å². The minimum absolute atomic E-state index is 0.131. The van der Waals surface area contributed by atoms with Gasteiger partial charge in [0.15, 0.2) is 5.52 Å². The third kappa shape index (κ3) is 3.77. The van der Waals surface area contributed by atoms with Crippen molar-refractivity contribution in [2.24, 2.45) is 0 Å². The highest BCUT2D eigenvalue weighted by atomic mass is 32.2. The maximum absolute atomic E-state index is 13.1. The molecule has 10 nitrogen and oxygen atoms in total. The number of methoxy groups -OCH3 is 1. The third-order valence-electron chi connectivity index (χ3n) is 5.84. The molecule has 34 heavy (non-hydrogen) atoms. The van der Waals surface area contributed by atoms with E-state index in [1.165, 1.54) is 23.5 Å². The summed E-state index contributed by atoms with van der Waals surface area (Å²) in [6.07, 6.45) is 0. The summed E-state index contributed by atoms with van der Waals surface area (Å²) in [6, 6.07) is 13.9. The first-order valence-electron chi connectivity index (χ1n) is 10.8. The highest BCUT2D eigenvalue weighted by Gasteiger charge is 2.27. The van der Waals surface area contributed by atoms with Gasteiger partial charge in [0.05, 0.1) is 29.0 Å². The van der Waals surface area contributed by atoms with E-state index in [4.69, 9.17) is 4.74 Å². The molecule has 11 heteroatoms. The van der Waals surface area contributed by atoms with Gasteiger partial charge in [-0.25, -0.2) is 18.1 Å². The van der Waals surface area contributed by atoms with Gasteiger partial charge in [-0.05, 0) is 31.2 Å². The van der Waals surface area contributed by atoms with Crippen LogP contribution < -0.4 is 15.6 Å². The van der Waals surface area contributed by atoms with Gasteiger partial charge in [-0.1, -0.05) is 18.2 Å². The molecular weight excluding hydrogens is 456 g/mol. The largest absolute Gasteiger partial charge is 0.496 e. The van der Waals surface area contributed by atoms with Crippen LogP contribution in [0.5, 0.6) is 5.75 Å². The summed E-state index contributed by atoms with van der Waals surface area (Å²) in [5.74, 6) is 0.572. The predicted octanol–water partition coefficient (Wildman–Crippen LogP) is 1.69. The van der Waals surface area contributed by atoms with Gasteiger partial charge in [0.2, 0.25) is 10.0 Å². The maximum atomic E-state index is 13.1. The number of nitrogens with zero attached hydrogens (tertiary/aromatic N) is 4. The van der Waals surface area contributed by atoms with Gasteiger partial charge >= 0.3 is 0 Å². The molecule has 0 saturated carbocycles. The Morgan fingerprint density at radius 2 is 1.79 bits per heavy atom. The quantitative estimate of drug-likeness (QED) is 0.446. The number of fused-ring (bicyclic) bond motifs is 1. The highest BCUT2D eigenvalue weighted by molar-refractivity contribution is 7.89. The van der Waals surface area contributed by atoms with E-state index in [0.717, 1.165) is 5.69 Å². The Kier molecular flexibility index (Phi) is 5.68. The van der Waals surface area contributed by atoms with Crippen LogP contribution in [0.1, 0.15) is 5.69 Å². The predicted molar refractivity (Wildman–Crippen MR) is 128 cm³/mol. The summed E-state index contributed by atoms with van der Waals surface area (Å²) in [7, 11) is -2.21. The molecule has 0 amide bonds. The summed E-state index contributed by atoms with van der Waals surface area (Å²) in [4.78, 5) is 20.7. The first-order valence-corrected chi connectivity index (χ1v) is 12.3. The molecule has 0 spiro atoms. The normalized spacial score (nSPS) is 15.0. The van der Waals surface area contributed by atoms with E-state index in [1.54, 1.807) is 17.7 Å². The molecule has 1 saturated heterocycles. The molecule has 1 fully saturated rings. The molecule has 0 atom stereocenters. The van der Waals surface area contributed by atoms with Gasteiger partial charge in [0, 0.05) is 32.2 Å². The SMILES string of the molecule is COc1cc(S(=O)(=O)N2CCNCC2)ccc1-c1nc2c(C)nn(-c3ccccc3)c2c(=O)[nH]1. The van der Waals surface area contributed by atoms with E-state index in [1.807, 2.05) is 30.3 Å². The number of benzene rings is 2. The lowest BCUT2D eigenvalue weighted by Crippen LogP contribution is -2.46. The van der Waals surface area contributed by atoms with Crippen molar-refractivity contribution in [3.05, 3.63) is 64.6 Å². The number of aromatic amines is 1. The molecular formula is C23H24N6O4S. The second-order valence-electron chi connectivity index (χ2n) is 7.96. The molecule has 3 heterocycles. The molecule has 5 rings (SSSR count). The van der Waals surface area contributed by atoms with E-state index in [9.17, 15) is 13.2 Å². The minimum atomic E-state index is -3.66. The maximum Gasteiger partial charge on any atom is 0.277 e. The van der Waals surface area contributed by atoms with Gasteiger partial charge in [0.25, 0.3) is 5.56 Å². The number of aromatic nitrogens is 4. The summed E-state index contributed by atoms with van der Waals surface area (Å²) < 4.78 is 34.7. The lowest BCUT2D eigenvalue weighted by atomic mass is 10.2. The Bertz CT molecular complexity index is 1520. The van der Waals surface area contributed by atoms with Crippen LogP contribution in [0.3, 0.4) is 0 Å². The monoisotopic (exact) mass is 480 g/mol. The second-order valence-corrected chi connectivity index (χ2v) is 9.90. The molecule has 4 aromatic rings. The third-order valence-corrected chi connectivity index (χ3v) is 7.74. The summed E-state index contributed by atoms with van der Waals surface area (Å²) in [6.45, 7) is 3.81. The number of sulfonamides is 1. The first-order chi connectivity index (χ1) is 16.4. The Balaban J connectivity index is 1.60. The molecule has 0 radical (unpaired) electrons. The van der Waals surface area contributed by atoms with Gasteiger partial charge in [-0.15, -0.1) is 0 Å². The van der Waals surface area contributed by atoms with E-state index >= 15 is 0 Å². The standard InChI is InChI=1S/C23H24N6O4S/c1-15-20-21(29(27-15)16-6-4-3-5-7-16)23(30)26-22(25-20)18-9-8-17(14-19(18)33-2)34(31,32)28-12-10-24-11-13-28/h3-9,14,24H,10-13H2,1-2H3,(H,25,26,30). The fourth-order valence-corrected chi connectivity index (χ4v) is 5.57. The lowest BCUT2D eigenvalue weighted by Gasteiger charge is -2.26. The van der Waals surface area contributed by atoms with Gasteiger partial charge in [-0.3, -0.25) is 4.79 Å². The number of para-hydroxylation sites is 1. The fourth-order valence-electron chi connectivity index (χ4n) is 4.11. The molecule has 0 unspecified atom stereocenters. The number of ether oxygens (including phenoxy) is 1. The molecule has 0 bridgehead atoms. The Morgan fingerprint density at radius 1 is 1.06 bits per heavy atom. The second kappa shape index (κ2) is 8.67. The number of rotatable bonds is 5. The van der Waals surface area contributed by atoms with Crippen LogP contribution in [0, 0.1) is 6.92 Å². The fraction of sp³-hybridized carbons (Fsp3) is 0.261.